The highest BCUT2D eigenvalue weighted by Crippen LogP contribution is 2.28. The molecule has 8 heteroatoms. The zero-order valence-electron chi connectivity index (χ0n) is 12.6. The second-order valence-corrected chi connectivity index (χ2v) is 5.94. The van der Waals surface area contributed by atoms with Crippen LogP contribution in [0.15, 0.2) is 48.5 Å². The van der Waals surface area contributed by atoms with Crippen molar-refractivity contribution >= 4 is 28.1 Å². The van der Waals surface area contributed by atoms with Crippen LogP contribution in [0.4, 0.5) is 10.8 Å². The molecule has 24 heavy (non-hydrogen) atoms. The van der Waals surface area contributed by atoms with E-state index in [-0.39, 0.29) is 16.4 Å². The van der Waals surface area contributed by atoms with Gasteiger partial charge in [0, 0.05) is 11.1 Å². The number of nitro benzene ring substituents is 1. The van der Waals surface area contributed by atoms with Crippen molar-refractivity contribution in [1.82, 2.24) is 10.2 Å². The minimum atomic E-state index is -0.582. The van der Waals surface area contributed by atoms with E-state index in [9.17, 15) is 14.9 Å². The molecule has 0 saturated carbocycles. The average Bonchev–Trinajstić information content (AvgIpc) is 3.03. The lowest BCUT2D eigenvalue weighted by molar-refractivity contribution is -0.385. The molecule has 1 amide bonds. The van der Waals surface area contributed by atoms with Crippen LogP contribution in [0, 0.1) is 17.0 Å². The van der Waals surface area contributed by atoms with Crippen molar-refractivity contribution in [2.45, 2.75) is 6.92 Å². The number of amides is 1. The third-order valence-electron chi connectivity index (χ3n) is 3.33. The van der Waals surface area contributed by atoms with Gasteiger partial charge >= 0.3 is 0 Å². The van der Waals surface area contributed by atoms with Crippen molar-refractivity contribution in [3.05, 3.63) is 69.8 Å². The zero-order valence-corrected chi connectivity index (χ0v) is 13.4. The molecule has 1 aromatic heterocycles. The number of aromatic nitrogens is 2. The maximum atomic E-state index is 12.4. The van der Waals surface area contributed by atoms with Gasteiger partial charge in [0.1, 0.15) is 10.6 Å². The van der Waals surface area contributed by atoms with E-state index < -0.39 is 10.8 Å². The number of nitro groups is 1. The normalized spacial score (nSPS) is 10.4. The number of carbonyl (C=O) groups excluding carboxylic acids is 1. The Morgan fingerprint density at radius 3 is 2.58 bits per heavy atom. The van der Waals surface area contributed by atoms with Gasteiger partial charge in [0.2, 0.25) is 5.13 Å². The van der Waals surface area contributed by atoms with Crippen molar-refractivity contribution in [3.8, 4) is 10.6 Å². The number of hydrogen-bond donors (Lipinski definition) is 1. The molecular formula is C16H12N4O3S. The number of carbonyl (C=O) groups is 1. The van der Waals surface area contributed by atoms with Crippen LogP contribution >= 0.6 is 11.3 Å². The van der Waals surface area contributed by atoms with E-state index in [0.717, 1.165) is 5.56 Å². The number of benzene rings is 2. The first-order chi connectivity index (χ1) is 11.6. The van der Waals surface area contributed by atoms with Crippen LogP contribution in [0.25, 0.3) is 10.6 Å². The van der Waals surface area contributed by atoms with E-state index >= 15 is 0 Å². The number of nitrogens with zero attached hydrogens (tertiary/aromatic N) is 3. The van der Waals surface area contributed by atoms with Crippen LogP contribution in [0.1, 0.15) is 15.9 Å². The SMILES string of the molecule is Cc1cccc(C(=O)Nc2nnc(-c3ccccc3)s2)c1[N+](=O)[O-]. The van der Waals surface area contributed by atoms with Gasteiger partial charge in [0.05, 0.1) is 4.92 Å². The van der Waals surface area contributed by atoms with Crippen LogP contribution < -0.4 is 5.32 Å². The van der Waals surface area contributed by atoms with E-state index in [1.807, 2.05) is 30.3 Å². The summed E-state index contributed by atoms with van der Waals surface area (Å²) in [7, 11) is 0. The molecule has 2 aromatic carbocycles. The predicted molar refractivity (Wildman–Crippen MR) is 91.1 cm³/mol. The number of anilines is 1. The summed E-state index contributed by atoms with van der Waals surface area (Å²) >= 11 is 1.20. The predicted octanol–water partition coefficient (Wildman–Crippen LogP) is 3.67. The lowest BCUT2D eigenvalue weighted by Gasteiger charge is -2.04. The molecule has 0 aliphatic heterocycles. The van der Waals surface area contributed by atoms with Crippen molar-refractivity contribution in [2.75, 3.05) is 5.32 Å². The minimum Gasteiger partial charge on any atom is -0.296 e. The van der Waals surface area contributed by atoms with Gasteiger partial charge in [-0.05, 0) is 13.0 Å². The molecule has 0 aliphatic carbocycles. The molecule has 0 saturated heterocycles. The second kappa shape index (κ2) is 6.55. The topological polar surface area (TPSA) is 98.0 Å². The maximum Gasteiger partial charge on any atom is 0.285 e. The fourth-order valence-electron chi connectivity index (χ4n) is 2.22. The van der Waals surface area contributed by atoms with Gasteiger partial charge in [-0.25, -0.2) is 0 Å². The zero-order chi connectivity index (χ0) is 17.1. The van der Waals surface area contributed by atoms with E-state index in [1.54, 1.807) is 19.1 Å². The van der Waals surface area contributed by atoms with Crippen LogP contribution in [0.2, 0.25) is 0 Å². The van der Waals surface area contributed by atoms with Crippen molar-refractivity contribution < 1.29 is 9.72 Å². The van der Waals surface area contributed by atoms with Crippen LogP contribution in [-0.4, -0.2) is 21.0 Å². The van der Waals surface area contributed by atoms with Gasteiger partial charge in [-0.1, -0.05) is 53.8 Å². The Labute approximate surface area is 141 Å². The highest BCUT2D eigenvalue weighted by Gasteiger charge is 2.23. The number of para-hydroxylation sites is 1. The first-order valence-corrected chi connectivity index (χ1v) is 7.82. The van der Waals surface area contributed by atoms with Crippen molar-refractivity contribution in [2.24, 2.45) is 0 Å². The van der Waals surface area contributed by atoms with Gasteiger partial charge in [-0.3, -0.25) is 20.2 Å². The van der Waals surface area contributed by atoms with E-state index in [0.29, 0.717) is 10.6 Å². The van der Waals surface area contributed by atoms with E-state index in [1.165, 1.54) is 17.4 Å². The van der Waals surface area contributed by atoms with Crippen molar-refractivity contribution in [3.63, 3.8) is 0 Å². The second-order valence-electron chi connectivity index (χ2n) is 4.96. The number of aryl methyl sites for hydroxylation is 1. The van der Waals surface area contributed by atoms with Crippen LogP contribution in [-0.2, 0) is 0 Å². The molecular weight excluding hydrogens is 328 g/mol. The van der Waals surface area contributed by atoms with Gasteiger partial charge in [0.25, 0.3) is 11.6 Å². The molecule has 1 N–H and O–H groups in total. The lowest BCUT2D eigenvalue weighted by atomic mass is 10.1. The Bertz CT molecular complexity index is 909. The van der Waals surface area contributed by atoms with Crippen LogP contribution in [0.3, 0.4) is 0 Å². The molecule has 0 atom stereocenters. The first kappa shape index (κ1) is 15.8. The Balaban J connectivity index is 1.85. The maximum absolute atomic E-state index is 12.4. The Kier molecular flexibility index (Phi) is 4.30. The monoisotopic (exact) mass is 340 g/mol. The van der Waals surface area contributed by atoms with Gasteiger partial charge in [-0.15, -0.1) is 10.2 Å². The molecule has 3 aromatic rings. The molecule has 0 spiro atoms. The Morgan fingerprint density at radius 2 is 1.88 bits per heavy atom. The molecule has 0 bridgehead atoms. The third-order valence-corrected chi connectivity index (χ3v) is 4.22. The summed E-state index contributed by atoms with van der Waals surface area (Å²) in [5.74, 6) is -0.582. The Hall–Kier alpha value is -3.13. The van der Waals surface area contributed by atoms with Gasteiger partial charge < -0.3 is 0 Å². The quantitative estimate of drug-likeness (QED) is 0.577. The number of rotatable bonds is 4. The summed E-state index contributed by atoms with van der Waals surface area (Å²) in [5, 5.41) is 22.7. The molecule has 0 unspecified atom stereocenters. The highest BCUT2D eigenvalue weighted by atomic mass is 32.1. The molecule has 0 radical (unpaired) electrons. The fourth-order valence-corrected chi connectivity index (χ4v) is 2.96. The largest absolute Gasteiger partial charge is 0.296 e. The summed E-state index contributed by atoms with van der Waals surface area (Å²) in [5.41, 5.74) is 1.10. The summed E-state index contributed by atoms with van der Waals surface area (Å²) in [6, 6.07) is 14.0. The summed E-state index contributed by atoms with van der Waals surface area (Å²) in [6.45, 7) is 1.59. The van der Waals surface area contributed by atoms with Crippen LogP contribution in [0.5, 0.6) is 0 Å². The molecule has 7 nitrogen and oxygen atoms in total. The summed E-state index contributed by atoms with van der Waals surface area (Å²) < 4.78 is 0. The van der Waals surface area contributed by atoms with E-state index in [4.69, 9.17) is 0 Å². The summed E-state index contributed by atoms with van der Waals surface area (Å²) in [4.78, 5) is 23.0. The molecule has 0 aliphatic rings. The smallest absolute Gasteiger partial charge is 0.285 e. The van der Waals surface area contributed by atoms with E-state index in [2.05, 4.69) is 15.5 Å². The number of hydrogen-bond acceptors (Lipinski definition) is 6. The molecule has 120 valence electrons. The van der Waals surface area contributed by atoms with Gasteiger partial charge in [-0.2, -0.15) is 0 Å². The summed E-state index contributed by atoms with van der Waals surface area (Å²) in [6.07, 6.45) is 0. The first-order valence-electron chi connectivity index (χ1n) is 7.00. The Morgan fingerprint density at radius 1 is 1.12 bits per heavy atom. The number of nitrogens with one attached hydrogen (secondary N) is 1. The standard InChI is InChI=1S/C16H12N4O3S/c1-10-6-5-9-12(13(10)20(22)23)14(21)17-16-19-18-15(24-16)11-7-3-2-4-8-11/h2-9H,1H3,(H,17,19,21). The highest BCUT2D eigenvalue weighted by molar-refractivity contribution is 7.18. The molecule has 3 rings (SSSR count). The molecule has 0 fully saturated rings. The van der Waals surface area contributed by atoms with Gasteiger partial charge in [0.15, 0.2) is 0 Å². The molecule has 1 heterocycles. The minimum absolute atomic E-state index is 0.00328. The third kappa shape index (κ3) is 3.13. The average molecular weight is 340 g/mol. The fraction of sp³-hybridized carbons (Fsp3) is 0.0625. The lowest BCUT2D eigenvalue weighted by Crippen LogP contribution is -2.14. The van der Waals surface area contributed by atoms with Crippen molar-refractivity contribution in [1.29, 1.82) is 0 Å².